The third-order valence-electron chi connectivity index (χ3n) is 6.30. The van der Waals surface area contributed by atoms with Crippen molar-refractivity contribution < 1.29 is 23.5 Å². The van der Waals surface area contributed by atoms with Crippen LogP contribution in [0.25, 0.3) is 0 Å². The molecular weight excluding hydrogens is 471 g/mol. The number of carbonyl (C=O) groups excluding carboxylic acids is 1. The standard InChI is InChI=1S/C25H27Cl2F2NO3/c1-14(2)19(12-22(31)32)16-5-8-20(27)21(11-16)30-24(33)23(15-3-6-18(26)7-4-15)17-9-10-25(28,29)13-17/h3-8,11,14,17,19,23H,9-10,12-13H2,1-2H3,(H,30,33)(H,31,32). The summed E-state index contributed by atoms with van der Waals surface area (Å²) < 4.78 is 28.0. The van der Waals surface area contributed by atoms with E-state index in [0.29, 0.717) is 16.3 Å². The molecule has 1 fully saturated rings. The first-order chi connectivity index (χ1) is 15.5. The minimum Gasteiger partial charge on any atom is -0.481 e. The molecular formula is C25H27Cl2F2NO3. The van der Waals surface area contributed by atoms with Crippen molar-refractivity contribution in [2.45, 2.75) is 57.3 Å². The van der Waals surface area contributed by atoms with E-state index in [0.717, 1.165) is 5.56 Å². The molecule has 0 spiro atoms. The van der Waals surface area contributed by atoms with Gasteiger partial charge in [-0.3, -0.25) is 9.59 Å². The number of carboxylic acid groups (broad SMARTS) is 1. The summed E-state index contributed by atoms with van der Waals surface area (Å²) in [4.78, 5) is 24.7. The van der Waals surface area contributed by atoms with Crippen molar-refractivity contribution in [2.24, 2.45) is 11.8 Å². The van der Waals surface area contributed by atoms with E-state index in [1.54, 1.807) is 42.5 Å². The van der Waals surface area contributed by atoms with Crippen molar-refractivity contribution in [3.05, 3.63) is 63.6 Å². The maximum atomic E-state index is 14.0. The number of hydrogen-bond acceptors (Lipinski definition) is 2. The van der Waals surface area contributed by atoms with Crippen LogP contribution in [0.5, 0.6) is 0 Å². The summed E-state index contributed by atoms with van der Waals surface area (Å²) in [6.07, 6.45) is -0.446. The Morgan fingerprint density at radius 3 is 2.30 bits per heavy atom. The Morgan fingerprint density at radius 1 is 1.12 bits per heavy atom. The first-order valence-electron chi connectivity index (χ1n) is 10.9. The van der Waals surface area contributed by atoms with Crippen molar-refractivity contribution >= 4 is 40.8 Å². The molecule has 0 heterocycles. The van der Waals surface area contributed by atoms with E-state index >= 15 is 0 Å². The molecule has 0 saturated heterocycles. The van der Waals surface area contributed by atoms with Crippen LogP contribution in [0.3, 0.4) is 0 Å². The van der Waals surface area contributed by atoms with Crippen LogP contribution in [0, 0.1) is 11.8 Å². The molecule has 3 atom stereocenters. The van der Waals surface area contributed by atoms with E-state index in [2.05, 4.69) is 5.32 Å². The second kappa shape index (κ2) is 10.4. The lowest BCUT2D eigenvalue weighted by molar-refractivity contribution is -0.137. The number of rotatable bonds is 8. The van der Waals surface area contributed by atoms with Gasteiger partial charge in [-0.15, -0.1) is 0 Å². The van der Waals surface area contributed by atoms with Crippen LogP contribution in [-0.2, 0) is 9.59 Å². The summed E-state index contributed by atoms with van der Waals surface area (Å²) in [5.74, 6) is -5.69. The number of anilines is 1. The number of halogens is 4. The average molecular weight is 498 g/mol. The molecule has 1 aliphatic rings. The van der Waals surface area contributed by atoms with Crippen molar-refractivity contribution in [3.8, 4) is 0 Å². The van der Waals surface area contributed by atoms with Crippen LogP contribution in [0.2, 0.25) is 10.0 Å². The summed E-state index contributed by atoms with van der Waals surface area (Å²) in [6, 6.07) is 11.7. The van der Waals surface area contributed by atoms with Gasteiger partial charge >= 0.3 is 5.97 Å². The van der Waals surface area contributed by atoms with Crippen LogP contribution >= 0.6 is 23.2 Å². The molecule has 4 nitrogen and oxygen atoms in total. The number of carboxylic acids is 1. The minimum absolute atomic E-state index is 0.0494. The average Bonchev–Trinajstić information content (AvgIpc) is 3.08. The third-order valence-corrected chi connectivity index (χ3v) is 6.88. The Hall–Kier alpha value is -2.18. The van der Waals surface area contributed by atoms with Crippen molar-refractivity contribution in [2.75, 3.05) is 5.32 Å². The van der Waals surface area contributed by atoms with Gasteiger partial charge in [-0.1, -0.05) is 55.2 Å². The molecule has 3 unspecified atom stereocenters. The zero-order valence-electron chi connectivity index (χ0n) is 18.5. The molecule has 3 rings (SSSR count). The topological polar surface area (TPSA) is 66.4 Å². The first kappa shape index (κ1) is 25.4. The number of nitrogens with one attached hydrogen (secondary N) is 1. The largest absolute Gasteiger partial charge is 0.481 e. The lowest BCUT2D eigenvalue weighted by Crippen LogP contribution is -2.27. The molecule has 33 heavy (non-hydrogen) atoms. The third kappa shape index (κ3) is 6.45. The van der Waals surface area contributed by atoms with E-state index in [1.807, 2.05) is 13.8 Å². The van der Waals surface area contributed by atoms with Crippen LogP contribution in [-0.4, -0.2) is 22.9 Å². The number of amides is 1. The van der Waals surface area contributed by atoms with Crippen molar-refractivity contribution in [1.82, 2.24) is 0 Å². The molecule has 1 saturated carbocycles. The predicted octanol–water partition coefficient (Wildman–Crippen LogP) is 7.37. The van der Waals surface area contributed by atoms with Crippen molar-refractivity contribution in [3.63, 3.8) is 0 Å². The van der Waals surface area contributed by atoms with Gasteiger partial charge in [0.1, 0.15) is 0 Å². The molecule has 1 aliphatic carbocycles. The van der Waals surface area contributed by atoms with Crippen LogP contribution in [0.15, 0.2) is 42.5 Å². The Kier molecular flexibility index (Phi) is 8.01. The summed E-state index contributed by atoms with van der Waals surface area (Å²) in [6.45, 7) is 3.86. The van der Waals surface area contributed by atoms with Gasteiger partial charge in [0.15, 0.2) is 0 Å². The second-order valence-corrected chi connectivity index (χ2v) is 9.91. The van der Waals surface area contributed by atoms with E-state index in [-0.39, 0.29) is 42.5 Å². The van der Waals surface area contributed by atoms with Crippen LogP contribution in [0.1, 0.15) is 62.5 Å². The zero-order chi connectivity index (χ0) is 24.3. The smallest absolute Gasteiger partial charge is 0.303 e. The van der Waals surface area contributed by atoms with Gasteiger partial charge in [0.05, 0.1) is 23.0 Å². The summed E-state index contributed by atoms with van der Waals surface area (Å²) in [7, 11) is 0. The van der Waals surface area contributed by atoms with E-state index in [9.17, 15) is 23.5 Å². The highest BCUT2D eigenvalue weighted by atomic mass is 35.5. The Labute approximate surface area is 202 Å². The first-order valence-corrected chi connectivity index (χ1v) is 11.7. The molecule has 1 amide bonds. The minimum atomic E-state index is -2.80. The summed E-state index contributed by atoms with van der Waals surface area (Å²) in [5.41, 5.74) is 1.68. The predicted molar refractivity (Wildman–Crippen MR) is 126 cm³/mol. The Balaban J connectivity index is 1.91. The molecule has 0 aliphatic heterocycles. The van der Waals surface area contributed by atoms with Gasteiger partial charge in [0.25, 0.3) is 0 Å². The van der Waals surface area contributed by atoms with Crippen molar-refractivity contribution in [1.29, 1.82) is 0 Å². The SMILES string of the molecule is CC(C)C(CC(=O)O)c1ccc(Cl)c(NC(=O)C(c2ccc(Cl)cc2)C2CCC(F)(F)C2)c1. The Morgan fingerprint density at radius 2 is 1.76 bits per heavy atom. The fourth-order valence-corrected chi connectivity index (χ4v) is 4.87. The number of aliphatic carboxylic acids is 1. The number of benzene rings is 2. The Bertz CT molecular complexity index is 1010. The molecule has 0 bridgehead atoms. The lowest BCUT2D eigenvalue weighted by atomic mass is 9.83. The number of hydrogen-bond donors (Lipinski definition) is 2. The number of alkyl halides is 2. The highest BCUT2D eigenvalue weighted by Crippen LogP contribution is 2.46. The molecule has 2 aromatic rings. The zero-order valence-corrected chi connectivity index (χ0v) is 20.0. The summed E-state index contributed by atoms with van der Waals surface area (Å²) in [5, 5.41) is 12.9. The highest BCUT2D eigenvalue weighted by molar-refractivity contribution is 6.33. The van der Waals surface area contributed by atoms with E-state index in [1.165, 1.54) is 0 Å². The fraction of sp³-hybridized carbons (Fsp3) is 0.440. The second-order valence-electron chi connectivity index (χ2n) is 9.06. The highest BCUT2D eigenvalue weighted by Gasteiger charge is 2.45. The van der Waals surface area contributed by atoms with E-state index < -0.39 is 29.6 Å². The van der Waals surface area contributed by atoms with Gasteiger partial charge in [0.2, 0.25) is 11.8 Å². The number of carbonyl (C=O) groups is 2. The molecule has 178 valence electrons. The lowest BCUT2D eigenvalue weighted by Gasteiger charge is -2.25. The molecule has 0 aromatic heterocycles. The maximum Gasteiger partial charge on any atom is 0.303 e. The van der Waals surface area contributed by atoms with Gasteiger partial charge in [0, 0.05) is 17.9 Å². The molecule has 2 N–H and O–H groups in total. The van der Waals surface area contributed by atoms with Gasteiger partial charge in [-0.25, -0.2) is 8.78 Å². The summed E-state index contributed by atoms with van der Waals surface area (Å²) >= 11 is 12.3. The monoisotopic (exact) mass is 497 g/mol. The van der Waals surface area contributed by atoms with Gasteiger partial charge in [-0.2, -0.15) is 0 Å². The molecule has 0 radical (unpaired) electrons. The quantitative estimate of drug-likeness (QED) is 0.400. The van der Waals surface area contributed by atoms with E-state index in [4.69, 9.17) is 23.2 Å². The van der Waals surface area contributed by atoms with Crippen LogP contribution < -0.4 is 5.32 Å². The van der Waals surface area contributed by atoms with Crippen LogP contribution in [0.4, 0.5) is 14.5 Å². The van der Waals surface area contributed by atoms with Gasteiger partial charge in [-0.05, 0) is 59.6 Å². The fourth-order valence-electron chi connectivity index (χ4n) is 4.58. The molecule has 2 aromatic carbocycles. The maximum absolute atomic E-state index is 14.0. The van der Waals surface area contributed by atoms with Gasteiger partial charge < -0.3 is 10.4 Å². The molecule has 8 heteroatoms. The normalized spacial score (nSPS) is 19.3.